The molecule has 0 aromatic heterocycles. The Labute approximate surface area is 256 Å². The maximum Gasteiger partial charge on any atom is 0.301 e. The molecule has 8 unspecified atom stereocenters. The van der Waals surface area contributed by atoms with Crippen LogP contribution in [0.5, 0.6) is 0 Å². The van der Waals surface area contributed by atoms with Gasteiger partial charge in [0.15, 0.2) is 0 Å². The van der Waals surface area contributed by atoms with Gasteiger partial charge < -0.3 is 0 Å². The lowest BCUT2D eigenvalue weighted by atomic mass is 9.47. The molecule has 3 fully saturated rings. The topological polar surface area (TPSA) is 111 Å². The molecule has 0 bridgehead atoms. The first-order chi connectivity index (χ1) is 20.4. The van der Waals surface area contributed by atoms with Gasteiger partial charge in [0.1, 0.15) is 5.69 Å². The van der Waals surface area contributed by atoms with Crippen molar-refractivity contribution in [3.63, 3.8) is 0 Å². The summed E-state index contributed by atoms with van der Waals surface area (Å²) in [5.74, 6) is 4.97. The first-order valence-corrected chi connectivity index (χ1v) is 16.5. The first kappa shape index (κ1) is 31.4. The van der Waals surface area contributed by atoms with E-state index in [2.05, 4.69) is 70.3 Å². The largest absolute Gasteiger partial charge is 0.301 e. The van der Waals surface area contributed by atoms with Gasteiger partial charge in [0.25, 0.3) is 5.69 Å². The lowest BCUT2D eigenvalue weighted by molar-refractivity contribution is -0.393. The van der Waals surface area contributed by atoms with Crippen molar-refractivity contribution in [2.75, 3.05) is 5.43 Å². The number of allylic oxidation sites excluding steroid dienone is 4. The van der Waals surface area contributed by atoms with Gasteiger partial charge in [0, 0.05) is 18.2 Å². The Kier molecular flexibility index (Phi) is 8.88. The second-order valence-electron chi connectivity index (χ2n) is 14.7. The third-order valence-corrected chi connectivity index (χ3v) is 12.4. The minimum atomic E-state index is -0.625. The van der Waals surface area contributed by atoms with Gasteiger partial charge in [-0.3, -0.25) is 25.7 Å². The molecule has 0 amide bonds. The van der Waals surface area contributed by atoms with Gasteiger partial charge in [-0.1, -0.05) is 65.3 Å². The molecule has 0 spiro atoms. The normalized spacial score (nSPS) is 34.3. The molecule has 43 heavy (non-hydrogen) atoms. The van der Waals surface area contributed by atoms with E-state index in [9.17, 15) is 20.2 Å². The van der Waals surface area contributed by atoms with E-state index in [4.69, 9.17) is 0 Å². The van der Waals surface area contributed by atoms with E-state index in [1.54, 1.807) is 0 Å². The van der Waals surface area contributed by atoms with Crippen LogP contribution in [0.3, 0.4) is 0 Å². The third kappa shape index (κ3) is 5.78. The van der Waals surface area contributed by atoms with Crippen molar-refractivity contribution < 1.29 is 9.85 Å². The van der Waals surface area contributed by atoms with Crippen molar-refractivity contribution in [1.82, 2.24) is 0 Å². The van der Waals surface area contributed by atoms with Crippen molar-refractivity contribution >= 4 is 22.8 Å². The second kappa shape index (κ2) is 12.2. The number of hydrogen-bond acceptors (Lipinski definition) is 6. The number of hydrazone groups is 1. The second-order valence-corrected chi connectivity index (χ2v) is 14.7. The van der Waals surface area contributed by atoms with E-state index in [-0.39, 0.29) is 22.5 Å². The Bertz CT molecular complexity index is 1330. The average molecular weight is 591 g/mol. The van der Waals surface area contributed by atoms with E-state index in [1.165, 1.54) is 49.8 Å². The average Bonchev–Trinajstić information content (AvgIpc) is 3.33. The van der Waals surface area contributed by atoms with Crippen molar-refractivity contribution in [2.45, 2.75) is 99.3 Å². The quantitative estimate of drug-likeness (QED) is 0.175. The van der Waals surface area contributed by atoms with Crippen LogP contribution in [-0.4, -0.2) is 15.6 Å². The van der Waals surface area contributed by atoms with Crippen LogP contribution in [0.1, 0.15) is 99.3 Å². The molecule has 0 heterocycles. The summed E-state index contributed by atoms with van der Waals surface area (Å²) in [7, 11) is 0. The molecule has 234 valence electrons. The fourth-order valence-corrected chi connectivity index (χ4v) is 9.79. The van der Waals surface area contributed by atoms with Gasteiger partial charge in [-0.15, -0.1) is 0 Å². The third-order valence-electron chi connectivity index (χ3n) is 12.4. The number of anilines is 1. The summed E-state index contributed by atoms with van der Waals surface area (Å²) < 4.78 is 0. The Balaban J connectivity index is 1.29. The van der Waals surface area contributed by atoms with Crippen LogP contribution >= 0.6 is 0 Å². The van der Waals surface area contributed by atoms with Gasteiger partial charge in [0.05, 0.1) is 15.9 Å². The van der Waals surface area contributed by atoms with E-state index in [0.29, 0.717) is 29.1 Å². The SMILES string of the molecule is CCC(/C=C/C(C)C1CCC2C3CC=C4C/C(=N/Nc5ccc([N+](=O)[O-])cc5[N+](=O)[O-])CCC4(C)C3CCC12C)C(C)C. The molecule has 1 N–H and O–H groups in total. The Hall–Kier alpha value is -3.03. The lowest BCUT2D eigenvalue weighted by Crippen LogP contribution is -2.50. The van der Waals surface area contributed by atoms with E-state index in [0.717, 1.165) is 55.2 Å². The highest BCUT2D eigenvalue weighted by molar-refractivity contribution is 5.89. The lowest BCUT2D eigenvalue weighted by Gasteiger charge is -2.58. The number of nitrogens with one attached hydrogen (secondary N) is 1. The predicted molar refractivity (Wildman–Crippen MR) is 173 cm³/mol. The summed E-state index contributed by atoms with van der Waals surface area (Å²) in [5, 5.41) is 27.2. The predicted octanol–water partition coefficient (Wildman–Crippen LogP) is 9.72. The number of non-ortho nitro benzene ring substituents is 1. The van der Waals surface area contributed by atoms with Gasteiger partial charge in [-0.05, 0) is 110 Å². The van der Waals surface area contributed by atoms with Crippen molar-refractivity contribution in [3.8, 4) is 0 Å². The van der Waals surface area contributed by atoms with Gasteiger partial charge >= 0.3 is 5.69 Å². The number of fused-ring (bicyclic) bond motifs is 5. The molecule has 8 nitrogen and oxygen atoms in total. The zero-order chi connectivity index (χ0) is 31.1. The fourth-order valence-electron chi connectivity index (χ4n) is 9.79. The van der Waals surface area contributed by atoms with Crippen LogP contribution < -0.4 is 5.43 Å². The molecular formula is C35H50N4O4. The summed E-state index contributed by atoms with van der Waals surface area (Å²) in [6, 6.07) is 3.63. The van der Waals surface area contributed by atoms with Crippen LogP contribution in [0.2, 0.25) is 0 Å². The summed E-state index contributed by atoms with van der Waals surface area (Å²) in [6.45, 7) is 14.6. The van der Waals surface area contributed by atoms with Crippen LogP contribution in [0.4, 0.5) is 17.1 Å². The molecule has 4 aliphatic rings. The Morgan fingerprint density at radius 2 is 1.81 bits per heavy atom. The minimum Gasteiger partial charge on any atom is -0.272 e. The van der Waals surface area contributed by atoms with E-state index < -0.39 is 9.85 Å². The van der Waals surface area contributed by atoms with E-state index >= 15 is 0 Å². The molecular weight excluding hydrogens is 540 g/mol. The standard InChI is InChI=1S/C35H50N4O4/c1-7-24(22(2)3)9-8-23(4)29-13-14-30-28-12-10-25-20-26(16-18-34(25,5)31(28)17-19-35(29,30)6)36-37-32-15-11-27(38(40)41)21-33(32)39(42)43/h8-11,15,21-24,28-31,37H,7,12-14,16-20H2,1-6H3/b9-8+,36-26+. The molecule has 4 aliphatic carbocycles. The Morgan fingerprint density at radius 1 is 1.05 bits per heavy atom. The highest BCUT2D eigenvalue weighted by Crippen LogP contribution is 2.67. The fraction of sp³-hybridized carbons (Fsp3) is 0.686. The molecule has 3 saturated carbocycles. The van der Waals surface area contributed by atoms with Crippen LogP contribution in [0, 0.1) is 72.5 Å². The van der Waals surface area contributed by atoms with Crippen LogP contribution in [0.25, 0.3) is 0 Å². The van der Waals surface area contributed by atoms with Gasteiger partial charge in [0.2, 0.25) is 0 Å². The zero-order valence-corrected chi connectivity index (χ0v) is 26.8. The molecule has 0 aliphatic heterocycles. The molecule has 0 radical (unpaired) electrons. The number of rotatable bonds is 9. The molecule has 8 atom stereocenters. The molecule has 1 aromatic carbocycles. The zero-order valence-electron chi connectivity index (χ0n) is 26.8. The Morgan fingerprint density at radius 3 is 2.49 bits per heavy atom. The summed E-state index contributed by atoms with van der Waals surface area (Å²) in [5.41, 5.74) is 5.46. The minimum absolute atomic E-state index is 0.176. The maximum atomic E-state index is 11.5. The highest BCUT2D eigenvalue weighted by Gasteiger charge is 2.58. The maximum absolute atomic E-state index is 11.5. The first-order valence-electron chi connectivity index (χ1n) is 16.5. The number of nitro groups is 2. The monoisotopic (exact) mass is 590 g/mol. The van der Waals surface area contributed by atoms with Crippen molar-refractivity contribution in [1.29, 1.82) is 0 Å². The molecule has 8 heteroatoms. The van der Waals surface area contributed by atoms with Crippen LogP contribution in [-0.2, 0) is 0 Å². The molecule has 1 aromatic rings. The number of benzene rings is 1. The number of nitrogens with zero attached hydrogens (tertiary/aromatic N) is 3. The van der Waals surface area contributed by atoms with E-state index in [1.807, 2.05) is 0 Å². The summed E-state index contributed by atoms with van der Waals surface area (Å²) in [4.78, 5) is 21.4. The molecule has 5 rings (SSSR count). The highest BCUT2D eigenvalue weighted by atomic mass is 16.6. The smallest absolute Gasteiger partial charge is 0.272 e. The van der Waals surface area contributed by atoms with Crippen molar-refractivity contribution in [2.24, 2.45) is 57.4 Å². The van der Waals surface area contributed by atoms with Crippen molar-refractivity contribution in [3.05, 3.63) is 62.2 Å². The number of nitro benzene ring substituents is 2. The summed E-state index contributed by atoms with van der Waals surface area (Å²) >= 11 is 0. The molecule has 0 saturated heterocycles. The van der Waals surface area contributed by atoms with Gasteiger partial charge in [-0.25, -0.2) is 0 Å². The van der Waals surface area contributed by atoms with Gasteiger partial charge in [-0.2, -0.15) is 5.10 Å². The van der Waals surface area contributed by atoms with Crippen LogP contribution in [0.15, 0.2) is 47.1 Å². The number of hydrogen-bond donors (Lipinski definition) is 1. The summed E-state index contributed by atoms with van der Waals surface area (Å²) in [6.07, 6.45) is 17.9.